The Hall–Kier alpha value is -3.90. The summed E-state index contributed by atoms with van der Waals surface area (Å²) in [5.74, 6) is -0.460. The Morgan fingerprint density at radius 3 is 2.44 bits per heavy atom. The zero-order valence-corrected chi connectivity index (χ0v) is 18.1. The van der Waals surface area contributed by atoms with E-state index in [1.54, 1.807) is 30.5 Å². The quantitative estimate of drug-likeness (QED) is 0.414. The van der Waals surface area contributed by atoms with Gasteiger partial charge in [-0.2, -0.15) is 5.10 Å². The van der Waals surface area contributed by atoms with Gasteiger partial charge in [0.15, 0.2) is 0 Å². The van der Waals surface area contributed by atoms with Gasteiger partial charge in [0.25, 0.3) is 5.91 Å². The summed E-state index contributed by atoms with van der Waals surface area (Å²) in [6.45, 7) is 2.09. The molecule has 32 heavy (non-hydrogen) atoms. The van der Waals surface area contributed by atoms with Gasteiger partial charge in [-0.3, -0.25) is 14.3 Å². The minimum absolute atomic E-state index is 0.215. The molecule has 3 aromatic carbocycles. The monoisotopic (exact) mass is 444 g/mol. The van der Waals surface area contributed by atoms with Crippen LogP contribution in [-0.4, -0.2) is 21.6 Å². The van der Waals surface area contributed by atoms with Crippen LogP contribution < -0.4 is 10.6 Å². The number of nitrogens with zero attached hydrogens (tertiary/aromatic N) is 2. The molecule has 0 aliphatic heterocycles. The Morgan fingerprint density at radius 2 is 1.75 bits per heavy atom. The van der Waals surface area contributed by atoms with Crippen molar-refractivity contribution in [3.8, 4) is 11.1 Å². The third kappa shape index (κ3) is 5.04. The average molecular weight is 445 g/mol. The van der Waals surface area contributed by atoms with Crippen LogP contribution in [0.1, 0.15) is 22.8 Å². The van der Waals surface area contributed by atoms with Gasteiger partial charge in [-0.25, -0.2) is 0 Å². The number of anilines is 2. The van der Waals surface area contributed by atoms with Crippen molar-refractivity contribution in [2.45, 2.75) is 13.5 Å². The van der Waals surface area contributed by atoms with E-state index in [0.29, 0.717) is 28.5 Å². The van der Waals surface area contributed by atoms with Crippen molar-refractivity contribution in [1.82, 2.24) is 9.78 Å². The van der Waals surface area contributed by atoms with Crippen molar-refractivity contribution in [2.75, 3.05) is 10.6 Å². The minimum atomic E-state index is -0.246. The molecular formula is C25H21ClN4O2. The highest BCUT2D eigenvalue weighted by molar-refractivity contribution is 6.34. The second kappa shape index (κ2) is 9.49. The smallest absolute Gasteiger partial charge is 0.256 e. The van der Waals surface area contributed by atoms with Crippen molar-refractivity contribution >= 4 is 34.8 Å². The highest BCUT2D eigenvalue weighted by Crippen LogP contribution is 2.28. The van der Waals surface area contributed by atoms with Crippen LogP contribution in [0.5, 0.6) is 0 Å². The van der Waals surface area contributed by atoms with E-state index in [2.05, 4.69) is 15.7 Å². The molecule has 1 aromatic heterocycles. The Labute approximate surface area is 190 Å². The summed E-state index contributed by atoms with van der Waals surface area (Å²) in [6, 6.07) is 22.4. The zero-order valence-electron chi connectivity index (χ0n) is 17.4. The van der Waals surface area contributed by atoms with E-state index >= 15 is 0 Å². The minimum Gasteiger partial charge on any atom is -0.325 e. The summed E-state index contributed by atoms with van der Waals surface area (Å²) in [5, 5.41) is 10.1. The molecular weight excluding hydrogens is 424 g/mol. The number of hydrogen-bond donors (Lipinski definition) is 2. The normalized spacial score (nSPS) is 10.6. The van der Waals surface area contributed by atoms with Crippen molar-refractivity contribution in [2.24, 2.45) is 0 Å². The van der Waals surface area contributed by atoms with Crippen molar-refractivity contribution < 1.29 is 9.59 Å². The maximum Gasteiger partial charge on any atom is 0.256 e. The van der Waals surface area contributed by atoms with Crippen molar-refractivity contribution in [3.63, 3.8) is 0 Å². The van der Waals surface area contributed by atoms with Gasteiger partial charge < -0.3 is 10.6 Å². The molecule has 0 spiro atoms. The Bertz CT molecular complexity index is 1250. The predicted octanol–water partition coefficient (Wildman–Crippen LogP) is 5.46. The predicted molar refractivity (Wildman–Crippen MR) is 127 cm³/mol. The van der Waals surface area contributed by atoms with Gasteiger partial charge in [0.2, 0.25) is 5.91 Å². The van der Waals surface area contributed by atoms with E-state index in [4.69, 9.17) is 11.6 Å². The average Bonchev–Trinajstić information content (AvgIpc) is 3.29. The highest BCUT2D eigenvalue weighted by atomic mass is 35.5. The Morgan fingerprint density at radius 1 is 0.969 bits per heavy atom. The van der Waals surface area contributed by atoms with Crippen LogP contribution >= 0.6 is 11.6 Å². The lowest BCUT2D eigenvalue weighted by molar-refractivity contribution is -0.114. The van der Waals surface area contributed by atoms with Crippen LogP contribution in [0.2, 0.25) is 5.02 Å². The van der Waals surface area contributed by atoms with Crippen LogP contribution in [0.25, 0.3) is 11.1 Å². The Kier molecular flexibility index (Phi) is 6.33. The Balaban J connectivity index is 1.53. The topological polar surface area (TPSA) is 76.0 Å². The van der Waals surface area contributed by atoms with Crippen LogP contribution in [0.3, 0.4) is 0 Å². The first kappa shape index (κ1) is 21.3. The van der Waals surface area contributed by atoms with Gasteiger partial charge in [-0.15, -0.1) is 0 Å². The molecule has 0 radical (unpaired) electrons. The molecule has 2 N–H and O–H groups in total. The van der Waals surface area contributed by atoms with E-state index in [-0.39, 0.29) is 11.8 Å². The molecule has 2 amide bonds. The van der Waals surface area contributed by atoms with E-state index in [9.17, 15) is 9.59 Å². The lowest BCUT2D eigenvalue weighted by Gasteiger charge is -2.12. The molecule has 1 heterocycles. The maximum absolute atomic E-state index is 13.0. The summed E-state index contributed by atoms with van der Waals surface area (Å²) in [4.78, 5) is 24.3. The number of aromatic nitrogens is 2. The standard InChI is InChI=1S/C25H21ClN4O2/c1-17(31)28-24-12-11-20(15-23(24)26)29-25(32)22-6-3-2-5-21(22)19-9-7-18(8-10-19)16-30-14-4-13-27-30/h2-15H,16H2,1H3,(H,28,31)(H,29,32). The SMILES string of the molecule is CC(=O)Nc1ccc(NC(=O)c2ccccc2-c2ccc(Cn3cccn3)cc2)cc1Cl. The van der Waals surface area contributed by atoms with Crippen LogP contribution in [0.4, 0.5) is 11.4 Å². The summed E-state index contributed by atoms with van der Waals surface area (Å²) in [7, 11) is 0. The second-order valence-electron chi connectivity index (χ2n) is 7.28. The molecule has 4 rings (SSSR count). The largest absolute Gasteiger partial charge is 0.325 e. The molecule has 0 bridgehead atoms. The zero-order chi connectivity index (χ0) is 22.5. The van der Waals surface area contributed by atoms with Gasteiger partial charge >= 0.3 is 0 Å². The summed E-state index contributed by atoms with van der Waals surface area (Å²) in [5.41, 5.74) is 4.48. The lowest BCUT2D eigenvalue weighted by Crippen LogP contribution is -2.13. The fraction of sp³-hybridized carbons (Fsp3) is 0.0800. The number of amides is 2. The molecule has 4 aromatic rings. The molecule has 0 saturated carbocycles. The molecule has 0 fully saturated rings. The van der Waals surface area contributed by atoms with Gasteiger partial charge in [0, 0.05) is 30.6 Å². The molecule has 6 nitrogen and oxygen atoms in total. The number of halogens is 1. The summed E-state index contributed by atoms with van der Waals surface area (Å²) in [6.07, 6.45) is 3.67. The molecule has 7 heteroatoms. The van der Waals surface area contributed by atoms with E-state index in [1.807, 2.05) is 59.4 Å². The number of hydrogen-bond acceptors (Lipinski definition) is 3. The highest BCUT2D eigenvalue weighted by Gasteiger charge is 2.14. The second-order valence-corrected chi connectivity index (χ2v) is 7.68. The first-order chi connectivity index (χ1) is 15.5. The number of nitrogens with one attached hydrogen (secondary N) is 2. The molecule has 0 aliphatic rings. The summed E-state index contributed by atoms with van der Waals surface area (Å²) >= 11 is 6.22. The third-order valence-electron chi connectivity index (χ3n) is 4.88. The van der Waals surface area contributed by atoms with Crippen molar-refractivity contribution in [3.05, 3.63) is 101 Å². The third-order valence-corrected chi connectivity index (χ3v) is 5.19. The van der Waals surface area contributed by atoms with Crippen LogP contribution in [0.15, 0.2) is 85.2 Å². The first-order valence-corrected chi connectivity index (χ1v) is 10.4. The molecule has 0 unspecified atom stereocenters. The van der Waals surface area contributed by atoms with Crippen molar-refractivity contribution in [1.29, 1.82) is 0 Å². The molecule has 160 valence electrons. The lowest BCUT2D eigenvalue weighted by atomic mass is 9.98. The van der Waals surface area contributed by atoms with Crippen LogP contribution in [-0.2, 0) is 11.3 Å². The van der Waals surface area contributed by atoms with Gasteiger partial charge in [0.1, 0.15) is 0 Å². The van der Waals surface area contributed by atoms with E-state index < -0.39 is 0 Å². The van der Waals surface area contributed by atoms with E-state index in [1.165, 1.54) is 6.92 Å². The maximum atomic E-state index is 13.0. The molecule has 0 saturated heterocycles. The van der Waals surface area contributed by atoms with Gasteiger partial charge in [-0.1, -0.05) is 54.1 Å². The van der Waals surface area contributed by atoms with Crippen LogP contribution in [0, 0.1) is 0 Å². The summed E-state index contributed by atoms with van der Waals surface area (Å²) < 4.78 is 1.86. The molecule has 0 aliphatic carbocycles. The number of rotatable bonds is 6. The first-order valence-electron chi connectivity index (χ1n) is 10.0. The molecule has 0 atom stereocenters. The van der Waals surface area contributed by atoms with Gasteiger partial charge in [0.05, 0.1) is 17.3 Å². The fourth-order valence-corrected chi connectivity index (χ4v) is 3.61. The fourth-order valence-electron chi connectivity index (χ4n) is 3.39. The number of benzene rings is 3. The van der Waals surface area contributed by atoms with E-state index in [0.717, 1.165) is 16.7 Å². The number of carbonyl (C=O) groups is 2. The van der Waals surface area contributed by atoms with Gasteiger partial charge in [-0.05, 0) is 47.0 Å². The number of carbonyl (C=O) groups excluding carboxylic acids is 2.